The third-order valence-corrected chi connectivity index (χ3v) is 8.07. The Kier molecular flexibility index (Phi) is 7.46. The second kappa shape index (κ2) is 8.95. The summed E-state index contributed by atoms with van der Waals surface area (Å²) in [5, 5.41) is 4.02. The number of hydrogen-bond acceptors (Lipinski definition) is 5. The van der Waals surface area contributed by atoms with Gasteiger partial charge < -0.3 is 10.2 Å². The van der Waals surface area contributed by atoms with E-state index in [1.807, 2.05) is 29.2 Å². The molecule has 1 aromatic carbocycles. The average Bonchev–Trinajstić information content (AvgIpc) is 2.92. The van der Waals surface area contributed by atoms with Crippen molar-refractivity contribution in [2.24, 2.45) is 0 Å². The number of piperazine rings is 1. The summed E-state index contributed by atoms with van der Waals surface area (Å²) in [4.78, 5) is 14.6. The number of benzene rings is 1. The summed E-state index contributed by atoms with van der Waals surface area (Å²) >= 11 is 7.77. The molecule has 3 rings (SSSR count). The zero-order chi connectivity index (χ0) is 17.2. The van der Waals surface area contributed by atoms with Crippen LogP contribution in [0.2, 0.25) is 5.02 Å². The summed E-state index contributed by atoms with van der Waals surface area (Å²) in [7, 11) is -2.90. The van der Waals surface area contributed by atoms with Crippen LogP contribution in [0.5, 0.6) is 0 Å². The minimum Gasteiger partial charge on any atom is -0.332 e. The van der Waals surface area contributed by atoms with Gasteiger partial charge in [-0.3, -0.25) is 4.79 Å². The molecule has 25 heavy (non-hydrogen) atoms. The fraction of sp³-hybridized carbons (Fsp3) is 0.562. The van der Waals surface area contributed by atoms with E-state index in [0.29, 0.717) is 30.3 Å². The number of carbonyl (C=O) groups is 1. The van der Waals surface area contributed by atoms with Gasteiger partial charge in [0, 0.05) is 29.9 Å². The number of thioether (sulfide) groups is 1. The van der Waals surface area contributed by atoms with Crippen molar-refractivity contribution in [1.82, 2.24) is 10.2 Å². The summed E-state index contributed by atoms with van der Waals surface area (Å²) < 4.78 is 23.1. The quantitative estimate of drug-likeness (QED) is 0.801. The van der Waals surface area contributed by atoms with Crippen LogP contribution in [-0.4, -0.2) is 61.4 Å². The van der Waals surface area contributed by atoms with E-state index in [4.69, 9.17) is 11.6 Å². The van der Waals surface area contributed by atoms with Crippen LogP contribution in [-0.2, 0) is 14.6 Å². The van der Waals surface area contributed by atoms with E-state index in [-0.39, 0.29) is 41.1 Å². The van der Waals surface area contributed by atoms with E-state index in [9.17, 15) is 13.2 Å². The normalized spacial score (nSPS) is 25.4. The van der Waals surface area contributed by atoms with Crippen LogP contribution in [0, 0.1) is 0 Å². The lowest BCUT2D eigenvalue weighted by atomic mass is 10.0. The molecule has 5 nitrogen and oxygen atoms in total. The predicted octanol–water partition coefficient (Wildman–Crippen LogP) is 2.15. The molecule has 0 saturated carbocycles. The van der Waals surface area contributed by atoms with Crippen LogP contribution in [0.15, 0.2) is 24.3 Å². The largest absolute Gasteiger partial charge is 0.332 e. The number of nitrogens with one attached hydrogen (secondary N) is 1. The van der Waals surface area contributed by atoms with E-state index in [0.717, 1.165) is 12.1 Å². The molecule has 0 bridgehead atoms. The van der Waals surface area contributed by atoms with E-state index in [1.54, 1.807) is 0 Å². The molecule has 1 N–H and O–H groups in total. The maximum atomic E-state index is 12.7. The number of sulfone groups is 1. The molecular weight excluding hydrogens is 403 g/mol. The summed E-state index contributed by atoms with van der Waals surface area (Å²) in [6.07, 6.45) is 0.649. The van der Waals surface area contributed by atoms with Crippen molar-refractivity contribution in [2.75, 3.05) is 36.9 Å². The third-order valence-electron chi connectivity index (χ3n) is 4.46. The summed E-state index contributed by atoms with van der Waals surface area (Å²) in [5.74, 6) is 0.812. The molecule has 2 fully saturated rings. The fourth-order valence-corrected chi connectivity index (χ4v) is 6.98. The van der Waals surface area contributed by atoms with Crippen LogP contribution in [0.1, 0.15) is 18.0 Å². The molecule has 0 spiro atoms. The van der Waals surface area contributed by atoms with Crippen molar-refractivity contribution < 1.29 is 13.2 Å². The van der Waals surface area contributed by atoms with Crippen molar-refractivity contribution >= 4 is 51.5 Å². The summed E-state index contributed by atoms with van der Waals surface area (Å²) in [6, 6.07) is 7.53. The number of rotatable bonds is 4. The highest BCUT2D eigenvalue weighted by Gasteiger charge is 2.32. The molecule has 9 heteroatoms. The van der Waals surface area contributed by atoms with Crippen LogP contribution >= 0.6 is 35.8 Å². The van der Waals surface area contributed by atoms with Gasteiger partial charge in [-0.1, -0.05) is 29.8 Å². The SMILES string of the molecule is Cl.O=C(CSC1CCS(=O)(=O)C1)N1CCNCC1c1ccccc1Cl. The van der Waals surface area contributed by atoms with Crippen LogP contribution in [0.3, 0.4) is 0 Å². The first-order chi connectivity index (χ1) is 11.5. The number of amides is 1. The zero-order valence-electron chi connectivity index (χ0n) is 13.7. The van der Waals surface area contributed by atoms with Gasteiger partial charge in [-0.15, -0.1) is 24.2 Å². The maximum absolute atomic E-state index is 12.7. The van der Waals surface area contributed by atoms with Gasteiger partial charge in [0.05, 0.1) is 23.3 Å². The standard InChI is InChI=1S/C16H21ClN2O3S2.ClH/c17-14-4-2-1-3-13(14)15-9-18-6-7-19(15)16(20)10-23-12-5-8-24(21,22)11-12;/h1-4,12,15,18H,5-11H2;1H. The first-order valence-electron chi connectivity index (χ1n) is 8.03. The highest BCUT2D eigenvalue weighted by atomic mass is 35.5. The zero-order valence-corrected chi connectivity index (χ0v) is 16.9. The molecule has 2 aliphatic rings. The number of halogens is 2. The molecule has 0 aliphatic carbocycles. The Balaban J connectivity index is 0.00000225. The Hall–Kier alpha value is -0.470. The first-order valence-corrected chi connectivity index (χ1v) is 11.3. The Labute approximate surface area is 164 Å². The highest BCUT2D eigenvalue weighted by Crippen LogP contribution is 2.30. The molecule has 140 valence electrons. The minimum absolute atomic E-state index is 0. The van der Waals surface area contributed by atoms with Crippen molar-refractivity contribution in [3.8, 4) is 0 Å². The first kappa shape index (κ1) is 20.8. The van der Waals surface area contributed by atoms with E-state index < -0.39 is 9.84 Å². The lowest BCUT2D eigenvalue weighted by Crippen LogP contribution is -2.49. The molecule has 0 radical (unpaired) electrons. The molecule has 1 aromatic rings. The second-order valence-electron chi connectivity index (χ2n) is 6.16. The fourth-order valence-electron chi connectivity index (χ4n) is 3.19. The molecule has 0 aromatic heterocycles. The molecule has 2 saturated heterocycles. The topological polar surface area (TPSA) is 66.5 Å². The van der Waals surface area contributed by atoms with E-state index in [2.05, 4.69) is 5.32 Å². The third kappa shape index (κ3) is 5.26. The van der Waals surface area contributed by atoms with E-state index in [1.165, 1.54) is 11.8 Å². The lowest BCUT2D eigenvalue weighted by molar-refractivity contribution is -0.131. The van der Waals surface area contributed by atoms with Gasteiger partial charge in [-0.2, -0.15) is 0 Å². The van der Waals surface area contributed by atoms with Gasteiger partial charge in [0.15, 0.2) is 9.84 Å². The Bertz CT molecular complexity index is 715. The number of hydrogen-bond donors (Lipinski definition) is 1. The van der Waals surface area contributed by atoms with Crippen molar-refractivity contribution in [1.29, 1.82) is 0 Å². The summed E-state index contributed by atoms with van der Waals surface area (Å²) in [5.41, 5.74) is 0.952. The van der Waals surface area contributed by atoms with Gasteiger partial charge >= 0.3 is 0 Å². The van der Waals surface area contributed by atoms with Crippen LogP contribution < -0.4 is 5.32 Å². The van der Waals surface area contributed by atoms with Gasteiger partial charge in [0.2, 0.25) is 5.91 Å². The van der Waals surface area contributed by atoms with Gasteiger partial charge in [0.1, 0.15) is 0 Å². The Morgan fingerprint density at radius 3 is 2.80 bits per heavy atom. The number of carbonyl (C=O) groups excluding carboxylic acids is 1. The monoisotopic (exact) mass is 424 g/mol. The maximum Gasteiger partial charge on any atom is 0.233 e. The highest BCUT2D eigenvalue weighted by molar-refractivity contribution is 8.02. The van der Waals surface area contributed by atoms with Gasteiger partial charge in [0.25, 0.3) is 0 Å². The smallest absolute Gasteiger partial charge is 0.233 e. The molecule has 1 amide bonds. The van der Waals surface area contributed by atoms with Crippen molar-refractivity contribution in [3.05, 3.63) is 34.9 Å². The molecule has 2 aliphatic heterocycles. The second-order valence-corrected chi connectivity index (χ2v) is 10.1. The van der Waals surface area contributed by atoms with Gasteiger partial charge in [-0.05, 0) is 18.1 Å². The Morgan fingerprint density at radius 2 is 2.12 bits per heavy atom. The summed E-state index contributed by atoms with van der Waals surface area (Å²) in [6.45, 7) is 2.07. The minimum atomic E-state index is -2.90. The molecule has 2 atom stereocenters. The van der Waals surface area contributed by atoms with Crippen molar-refractivity contribution in [3.63, 3.8) is 0 Å². The van der Waals surface area contributed by atoms with E-state index >= 15 is 0 Å². The van der Waals surface area contributed by atoms with Gasteiger partial charge in [-0.25, -0.2) is 8.42 Å². The molecular formula is C16H22Cl2N2O3S2. The van der Waals surface area contributed by atoms with Crippen LogP contribution in [0.4, 0.5) is 0 Å². The predicted molar refractivity (Wildman–Crippen MR) is 106 cm³/mol. The van der Waals surface area contributed by atoms with Crippen molar-refractivity contribution in [2.45, 2.75) is 17.7 Å². The lowest BCUT2D eigenvalue weighted by Gasteiger charge is -2.37. The molecule has 2 heterocycles. The molecule has 2 unspecified atom stereocenters. The average molecular weight is 425 g/mol. The Morgan fingerprint density at radius 1 is 1.36 bits per heavy atom. The van der Waals surface area contributed by atoms with Crippen LogP contribution in [0.25, 0.3) is 0 Å². The number of nitrogens with zero attached hydrogens (tertiary/aromatic N) is 1.